The van der Waals surface area contributed by atoms with E-state index in [0.717, 1.165) is 6.54 Å². The number of aryl methyl sites for hydroxylation is 1. The molecule has 1 aliphatic heterocycles. The van der Waals surface area contributed by atoms with Crippen LogP contribution in [-0.4, -0.2) is 18.0 Å². The van der Waals surface area contributed by atoms with Crippen molar-refractivity contribution in [3.8, 4) is 11.1 Å². The third kappa shape index (κ3) is 5.69. The Morgan fingerprint density at radius 3 is 1.89 bits per heavy atom. The van der Waals surface area contributed by atoms with Crippen LogP contribution in [0.2, 0.25) is 0 Å². The number of fused-ring (bicyclic) bond motifs is 1. The van der Waals surface area contributed by atoms with E-state index in [1.165, 1.54) is 65.4 Å². The van der Waals surface area contributed by atoms with Crippen molar-refractivity contribution in [1.82, 2.24) is 4.90 Å². The van der Waals surface area contributed by atoms with E-state index in [0.29, 0.717) is 0 Å². The zero-order valence-corrected chi connectivity index (χ0v) is 18.5. The monoisotopic (exact) mass is 375 g/mol. The van der Waals surface area contributed by atoms with E-state index >= 15 is 0 Å². The number of nitrogens with zero attached hydrogens (tertiary/aromatic N) is 1. The largest absolute Gasteiger partial charge is 0.299 e. The molecule has 0 bridgehead atoms. The minimum Gasteiger partial charge on any atom is -0.299 e. The molecule has 1 heterocycles. The Morgan fingerprint density at radius 1 is 0.714 bits per heavy atom. The van der Waals surface area contributed by atoms with Gasteiger partial charge < -0.3 is 0 Å². The smallest absolute Gasteiger partial charge is 0.0233 e. The van der Waals surface area contributed by atoms with E-state index in [4.69, 9.17) is 0 Å². The summed E-state index contributed by atoms with van der Waals surface area (Å²) in [6, 6.07) is 22.4. The summed E-state index contributed by atoms with van der Waals surface area (Å²) < 4.78 is 0. The zero-order valence-electron chi connectivity index (χ0n) is 18.5. The van der Waals surface area contributed by atoms with Crippen LogP contribution in [0.4, 0.5) is 0 Å². The molecule has 4 rings (SSSR count). The number of benzene rings is 3. The van der Waals surface area contributed by atoms with Crippen molar-refractivity contribution in [2.75, 3.05) is 13.1 Å². The van der Waals surface area contributed by atoms with Gasteiger partial charge in [-0.3, -0.25) is 4.90 Å². The first kappa shape index (κ1) is 22.2. The summed E-state index contributed by atoms with van der Waals surface area (Å²) in [4.78, 5) is 2.58. The zero-order chi connectivity index (χ0) is 20.4. The third-order valence-electron chi connectivity index (χ3n) is 5.21. The standard InChI is InChI=1S/C23H25N.2C2H6/c1-18-15-21-7-3-4-8-22(21)16-23(18)20-11-9-19(10-12-20)17-24-13-5-2-6-14-24;2*1-2/h3-4,7-12,15-16H,2,5-6,13-14,17H2,1H3;2*1-2H3. The van der Waals surface area contributed by atoms with Gasteiger partial charge in [-0.2, -0.15) is 0 Å². The maximum absolute atomic E-state index is 2.58. The molecule has 0 saturated carbocycles. The van der Waals surface area contributed by atoms with Crippen molar-refractivity contribution in [3.63, 3.8) is 0 Å². The average molecular weight is 376 g/mol. The molecule has 0 N–H and O–H groups in total. The molecule has 0 atom stereocenters. The highest BCUT2D eigenvalue weighted by atomic mass is 15.1. The first-order valence-electron chi connectivity index (χ1n) is 11.1. The Balaban J connectivity index is 0.000000660. The summed E-state index contributed by atoms with van der Waals surface area (Å²) in [6.07, 6.45) is 4.11. The van der Waals surface area contributed by atoms with Gasteiger partial charge in [-0.25, -0.2) is 0 Å². The Hall–Kier alpha value is -2.12. The molecule has 0 unspecified atom stereocenters. The van der Waals surface area contributed by atoms with Gasteiger partial charge in [-0.05, 0) is 71.9 Å². The normalized spacial score (nSPS) is 13.9. The molecule has 0 aliphatic carbocycles. The summed E-state index contributed by atoms with van der Waals surface area (Å²) in [5.74, 6) is 0. The van der Waals surface area contributed by atoms with Crippen molar-refractivity contribution in [3.05, 3.63) is 71.8 Å². The molecule has 0 aromatic heterocycles. The predicted molar refractivity (Wildman–Crippen MR) is 126 cm³/mol. The molecular formula is C27H37N. The van der Waals surface area contributed by atoms with Gasteiger partial charge in [0.2, 0.25) is 0 Å². The van der Waals surface area contributed by atoms with Gasteiger partial charge >= 0.3 is 0 Å². The first-order chi connectivity index (χ1) is 13.8. The lowest BCUT2D eigenvalue weighted by Gasteiger charge is -2.26. The van der Waals surface area contributed by atoms with Crippen LogP contribution in [0.25, 0.3) is 21.9 Å². The number of likely N-dealkylation sites (tertiary alicyclic amines) is 1. The number of hydrogen-bond donors (Lipinski definition) is 0. The molecule has 3 aromatic carbocycles. The Kier molecular flexibility index (Phi) is 9.23. The quantitative estimate of drug-likeness (QED) is 0.450. The maximum Gasteiger partial charge on any atom is 0.0233 e. The van der Waals surface area contributed by atoms with Crippen LogP contribution in [0, 0.1) is 6.92 Å². The van der Waals surface area contributed by atoms with Crippen molar-refractivity contribution < 1.29 is 0 Å². The molecule has 0 amide bonds. The lowest BCUT2D eigenvalue weighted by atomic mass is 9.95. The van der Waals surface area contributed by atoms with Crippen LogP contribution in [0.5, 0.6) is 0 Å². The molecule has 1 fully saturated rings. The SMILES string of the molecule is CC.CC.Cc1cc2ccccc2cc1-c1ccc(CN2CCCCC2)cc1. The fourth-order valence-electron chi connectivity index (χ4n) is 3.83. The van der Waals surface area contributed by atoms with Gasteiger partial charge in [-0.1, -0.05) is 88.7 Å². The highest BCUT2D eigenvalue weighted by Crippen LogP contribution is 2.29. The van der Waals surface area contributed by atoms with Crippen LogP contribution in [0.15, 0.2) is 60.7 Å². The second-order valence-corrected chi connectivity index (χ2v) is 7.05. The van der Waals surface area contributed by atoms with E-state index in [1.807, 2.05) is 27.7 Å². The first-order valence-corrected chi connectivity index (χ1v) is 11.1. The molecule has 1 saturated heterocycles. The van der Waals surface area contributed by atoms with Gasteiger partial charge in [0, 0.05) is 6.54 Å². The summed E-state index contributed by atoms with van der Waals surface area (Å²) in [7, 11) is 0. The van der Waals surface area contributed by atoms with Crippen LogP contribution >= 0.6 is 0 Å². The molecule has 0 radical (unpaired) electrons. The van der Waals surface area contributed by atoms with Crippen molar-refractivity contribution in [2.45, 2.75) is 60.4 Å². The van der Waals surface area contributed by atoms with Crippen molar-refractivity contribution in [1.29, 1.82) is 0 Å². The minimum atomic E-state index is 1.09. The van der Waals surface area contributed by atoms with Crippen molar-refractivity contribution in [2.24, 2.45) is 0 Å². The van der Waals surface area contributed by atoms with Crippen LogP contribution in [-0.2, 0) is 6.54 Å². The van der Waals surface area contributed by atoms with E-state index in [-0.39, 0.29) is 0 Å². The lowest BCUT2D eigenvalue weighted by molar-refractivity contribution is 0.221. The summed E-state index contributed by atoms with van der Waals surface area (Å²) >= 11 is 0. The Morgan fingerprint density at radius 2 is 1.29 bits per heavy atom. The third-order valence-corrected chi connectivity index (χ3v) is 5.21. The number of hydrogen-bond acceptors (Lipinski definition) is 1. The molecule has 1 heteroatoms. The fourth-order valence-corrected chi connectivity index (χ4v) is 3.83. The summed E-state index contributed by atoms with van der Waals surface area (Å²) in [5, 5.41) is 2.64. The predicted octanol–water partition coefficient (Wildman–Crippen LogP) is 7.85. The molecule has 3 aromatic rings. The maximum atomic E-state index is 2.58. The average Bonchev–Trinajstić information content (AvgIpc) is 2.77. The highest BCUT2D eigenvalue weighted by Gasteiger charge is 2.10. The van der Waals surface area contributed by atoms with Crippen LogP contribution < -0.4 is 0 Å². The van der Waals surface area contributed by atoms with E-state index in [2.05, 4.69) is 72.5 Å². The molecular weight excluding hydrogens is 338 g/mol. The van der Waals surface area contributed by atoms with Gasteiger partial charge in [0.05, 0.1) is 0 Å². The van der Waals surface area contributed by atoms with Gasteiger partial charge in [0.15, 0.2) is 0 Å². The summed E-state index contributed by atoms with van der Waals surface area (Å²) in [5.41, 5.74) is 5.44. The second-order valence-electron chi connectivity index (χ2n) is 7.05. The Labute approximate surface area is 172 Å². The van der Waals surface area contributed by atoms with Crippen LogP contribution in [0.1, 0.15) is 58.1 Å². The van der Waals surface area contributed by atoms with Gasteiger partial charge in [0.1, 0.15) is 0 Å². The topological polar surface area (TPSA) is 3.24 Å². The molecule has 1 aliphatic rings. The molecule has 28 heavy (non-hydrogen) atoms. The van der Waals surface area contributed by atoms with E-state index in [1.54, 1.807) is 0 Å². The number of rotatable bonds is 3. The minimum absolute atomic E-state index is 1.09. The van der Waals surface area contributed by atoms with Gasteiger partial charge in [-0.15, -0.1) is 0 Å². The second kappa shape index (κ2) is 11.7. The molecule has 150 valence electrons. The van der Waals surface area contributed by atoms with E-state index < -0.39 is 0 Å². The van der Waals surface area contributed by atoms with E-state index in [9.17, 15) is 0 Å². The number of piperidine rings is 1. The van der Waals surface area contributed by atoms with Crippen molar-refractivity contribution >= 4 is 10.8 Å². The van der Waals surface area contributed by atoms with Gasteiger partial charge in [0.25, 0.3) is 0 Å². The molecule has 1 nitrogen and oxygen atoms in total. The molecule has 0 spiro atoms. The highest BCUT2D eigenvalue weighted by molar-refractivity contribution is 5.89. The summed E-state index contributed by atoms with van der Waals surface area (Å²) in [6.45, 7) is 13.8. The fraction of sp³-hybridized carbons (Fsp3) is 0.407. The lowest BCUT2D eigenvalue weighted by Crippen LogP contribution is -2.28. The Bertz CT molecular complexity index is 827. The van der Waals surface area contributed by atoms with Crippen LogP contribution in [0.3, 0.4) is 0 Å².